The fraction of sp³-hybridized carbons (Fsp3) is 0.667. The highest BCUT2D eigenvalue weighted by Gasteiger charge is 2.40. The molecule has 1 aromatic heterocycles. The first-order valence-corrected chi connectivity index (χ1v) is 6.24. The van der Waals surface area contributed by atoms with E-state index >= 15 is 0 Å². The minimum Gasteiger partial charge on any atom is -1.00 e. The Bertz CT molecular complexity index is 341. The maximum atomic E-state index is 4.32. The van der Waals surface area contributed by atoms with E-state index in [1.54, 1.807) is 0 Å². The van der Waals surface area contributed by atoms with E-state index < -0.39 is 0 Å². The second-order valence-electron chi connectivity index (χ2n) is 4.99. The number of anilines is 1. The van der Waals surface area contributed by atoms with Crippen LogP contribution < -0.4 is 27.2 Å². The third kappa shape index (κ3) is 2.60. The number of aromatic nitrogens is 2. The third-order valence-corrected chi connectivity index (χ3v) is 4.05. The first kappa shape index (κ1) is 12.8. The zero-order valence-electron chi connectivity index (χ0n) is 9.98. The van der Waals surface area contributed by atoms with Gasteiger partial charge in [0.15, 0.2) is 0 Å². The molecular weight excluding hydrogens is 280 g/mol. The summed E-state index contributed by atoms with van der Waals surface area (Å²) in [4.78, 5) is 11.0. The molecule has 3 heterocycles. The van der Waals surface area contributed by atoms with Crippen molar-refractivity contribution in [3.05, 3.63) is 18.5 Å². The van der Waals surface area contributed by atoms with Crippen LogP contribution >= 0.6 is 0 Å². The predicted molar refractivity (Wildman–Crippen MR) is 62.2 cm³/mol. The van der Waals surface area contributed by atoms with Crippen molar-refractivity contribution in [1.29, 1.82) is 0 Å². The van der Waals surface area contributed by atoms with Crippen LogP contribution in [-0.4, -0.2) is 35.1 Å². The van der Waals surface area contributed by atoms with E-state index in [4.69, 9.17) is 0 Å². The summed E-state index contributed by atoms with van der Waals surface area (Å²) < 4.78 is 0. The fourth-order valence-corrected chi connectivity index (χ4v) is 3.03. The van der Waals surface area contributed by atoms with Crippen molar-refractivity contribution >= 4 is 5.95 Å². The summed E-state index contributed by atoms with van der Waals surface area (Å²) in [6.07, 6.45) is 9.01. The Hall–Kier alpha value is -0.680. The van der Waals surface area contributed by atoms with Gasteiger partial charge < -0.3 is 27.2 Å². The predicted octanol–water partition coefficient (Wildman–Crippen LogP) is -2.82. The van der Waals surface area contributed by atoms with Gasteiger partial charge in [0.2, 0.25) is 5.95 Å². The number of hydrogen-bond donors (Lipinski definition) is 1. The molecule has 17 heavy (non-hydrogen) atoms. The molecule has 94 valence electrons. The summed E-state index contributed by atoms with van der Waals surface area (Å²) >= 11 is 0. The topological polar surface area (TPSA) is 45.6 Å². The molecule has 0 radical (unpaired) electrons. The number of rotatable bonds is 1. The van der Waals surface area contributed by atoms with Crippen LogP contribution in [0.3, 0.4) is 0 Å². The number of nitrogens with two attached hydrogens (primary N) is 1. The lowest BCUT2D eigenvalue weighted by atomic mass is 9.86. The normalized spacial score (nSPS) is 22.5. The summed E-state index contributed by atoms with van der Waals surface area (Å²) in [7, 11) is 0. The van der Waals surface area contributed by atoms with Crippen LogP contribution in [0.5, 0.6) is 0 Å². The van der Waals surface area contributed by atoms with Gasteiger partial charge in [-0.1, -0.05) is 0 Å². The Morgan fingerprint density at radius 1 is 1.12 bits per heavy atom. The maximum absolute atomic E-state index is 4.32. The summed E-state index contributed by atoms with van der Waals surface area (Å²) in [5.74, 6) is 0.898. The molecule has 0 saturated carbocycles. The third-order valence-electron chi connectivity index (χ3n) is 4.05. The maximum Gasteiger partial charge on any atom is 0.225 e. The number of hydrogen-bond acceptors (Lipinski definition) is 3. The van der Waals surface area contributed by atoms with Crippen molar-refractivity contribution in [2.75, 3.05) is 24.5 Å². The number of piperidine rings is 1. The highest BCUT2D eigenvalue weighted by molar-refractivity contribution is 5.29. The minimum absolute atomic E-state index is 0. The van der Waals surface area contributed by atoms with E-state index in [0.29, 0.717) is 5.54 Å². The largest absolute Gasteiger partial charge is 1.00 e. The lowest BCUT2D eigenvalue weighted by Gasteiger charge is -2.36. The zero-order valence-corrected chi connectivity index (χ0v) is 11.6. The Morgan fingerprint density at radius 3 is 2.41 bits per heavy atom. The van der Waals surface area contributed by atoms with Crippen LogP contribution in [0, 0.1) is 0 Å². The molecule has 2 fully saturated rings. The van der Waals surface area contributed by atoms with Crippen molar-refractivity contribution in [3.63, 3.8) is 0 Å². The highest BCUT2D eigenvalue weighted by Crippen LogP contribution is 2.27. The van der Waals surface area contributed by atoms with Gasteiger partial charge in [-0.25, -0.2) is 9.97 Å². The molecule has 5 heteroatoms. The molecule has 0 aliphatic carbocycles. The molecule has 2 aliphatic rings. The summed E-state index contributed by atoms with van der Waals surface area (Å²) in [5.41, 5.74) is 0.561. The lowest BCUT2D eigenvalue weighted by molar-refractivity contribution is -0.709. The smallest absolute Gasteiger partial charge is 0.225 e. The van der Waals surface area contributed by atoms with Crippen LogP contribution in [0.1, 0.15) is 25.7 Å². The number of nitrogens with zero attached hydrogens (tertiary/aromatic N) is 3. The zero-order chi connectivity index (χ0) is 10.8. The Balaban J connectivity index is 0.00000108. The van der Waals surface area contributed by atoms with Crippen molar-refractivity contribution < 1.29 is 22.3 Å². The van der Waals surface area contributed by atoms with Crippen molar-refractivity contribution in [2.24, 2.45) is 0 Å². The van der Waals surface area contributed by atoms with E-state index in [2.05, 4.69) is 20.2 Å². The summed E-state index contributed by atoms with van der Waals surface area (Å²) in [6, 6.07) is 1.87. The van der Waals surface area contributed by atoms with Gasteiger partial charge in [-0.15, -0.1) is 0 Å². The molecule has 0 atom stereocenters. The molecule has 0 amide bonds. The molecule has 0 bridgehead atoms. The van der Waals surface area contributed by atoms with Crippen molar-refractivity contribution in [3.8, 4) is 0 Å². The number of halogens is 1. The van der Waals surface area contributed by atoms with Gasteiger partial charge in [-0.3, -0.25) is 0 Å². The Kier molecular flexibility index (Phi) is 3.99. The monoisotopic (exact) mass is 298 g/mol. The van der Waals surface area contributed by atoms with Crippen LogP contribution in [0.4, 0.5) is 5.95 Å². The molecule has 2 saturated heterocycles. The second kappa shape index (κ2) is 5.31. The summed E-state index contributed by atoms with van der Waals surface area (Å²) in [5, 5.41) is 2.57. The molecule has 0 unspecified atom stereocenters. The van der Waals surface area contributed by atoms with Gasteiger partial charge >= 0.3 is 0 Å². The van der Waals surface area contributed by atoms with E-state index in [0.717, 1.165) is 19.0 Å². The van der Waals surface area contributed by atoms with E-state index in [1.165, 1.54) is 32.2 Å². The van der Waals surface area contributed by atoms with Gasteiger partial charge in [0.05, 0.1) is 12.1 Å². The first-order valence-electron chi connectivity index (χ1n) is 6.24. The lowest BCUT2D eigenvalue weighted by Crippen LogP contribution is -3.00. The van der Waals surface area contributed by atoms with Crippen LogP contribution in [0.15, 0.2) is 18.5 Å². The van der Waals surface area contributed by atoms with Crippen LogP contribution in [0.2, 0.25) is 0 Å². The first-order chi connectivity index (χ1) is 7.88. The molecule has 4 nitrogen and oxygen atoms in total. The molecule has 2 aliphatic heterocycles. The minimum atomic E-state index is 0. The number of quaternary nitrogens is 1. The van der Waals surface area contributed by atoms with Gasteiger partial charge in [0.1, 0.15) is 0 Å². The fourth-order valence-electron chi connectivity index (χ4n) is 3.03. The molecule has 1 spiro atoms. The molecule has 1 aromatic rings. The van der Waals surface area contributed by atoms with Gasteiger partial charge in [-0.2, -0.15) is 0 Å². The van der Waals surface area contributed by atoms with Crippen molar-refractivity contribution in [2.45, 2.75) is 31.2 Å². The van der Waals surface area contributed by atoms with Crippen molar-refractivity contribution in [1.82, 2.24) is 9.97 Å². The Labute approximate surface area is 113 Å². The molecule has 3 rings (SSSR count). The summed E-state index contributed by atoms with van der Waals surface area (Å²) in [6.45, 7) is 3.54. The second-order valence-corrected chi connectivity index (χ2v) is 4.99. The molecular formula is C12H19BrN4. The molecule has 2 N–H and O–H groups in total. The van der Waals surface area contributed by atoms with E-state index in [1.807, 2.05) is 18.5 Å². The highest BCUT2D eigenvalue weighted by atomic mass is 79.9. The van der Waals surface area contributed by atoms with Gasteiger partial charge in [0.25, 0.3) is 0 Å². The SMILES string of the molecule is [Br-].c1cnc(N2CCC3(CCC[NH2+]3)CC2)nc1. The van der Waals surface area contributed by atoms with Gasteiger partial charge in [-0.05, 0) is 6.07 Å². The van der Waals surface area contributed by atoms with E-state index in [-0.39, 0.29) is 17.0 Å². The van der Waals surface area contributed by atoms with E-state index in [9.17, 15) is 0 Å². The Morgan fingerprint density at radius 2 is 1.82 bits per heavy atom. The average Bonchev–Trinajstić information content (AvgIpc) is 2.80. The molecule has 0 aromatic carbocycles. The van der Waals surface area contributed by atoms with Crippen LogP contribution in [0.25, 0.3) is 0 Å². The van der Waals surface area contributed by atoms with Gasteiger partial charge in [0, 0.05) is 51.2 Å². The standard InChI is InChI=1S/C12H18N4.BrH/c1-3-12(15-8-1)4-9-16(10-5-12)11-13-6-2-7-14-11;/h2,6-7,15H,1,3-5,8-10H2;1H. The average molecular weight is 299 g/mol. The quantitative estimate of drug-likeness (QED) is 0.608. The van der Waals surface area contributed by atoms with Crippen LogP contribution in [-0.2, 0) is 0 Å².